The van der Waals surface area contributed by atoms with Crippen molar-refractivity contribution in [2.24, 2.45) is 0 Å². The van der Waals surface area contributed by atoms with Crippen LogP contribution in [0.1, 0.15) is 57.1 Å². The molecule has 0 aliphatic heterocycles. The average Bonchev–Trinajstić information content (AvgIpc) is 2.70. The van der Waals surface area contributed by atoms with Crippen LogP contribution in [0.15, 0.2) is 30.4 Å². The fourth-order valence-electron chi connectivity index (χ4n) is 2.51. The molecule has 0 saturated carbocycles. The summed E-state index contributed by atoms with van der Waals surface area (Å²) < 4.78 is 0. The highest BCUT2D eigenvalue weighted by molar-refractivity contribution is 5.24. The normalized spacial score (nSPS) is 17.9. The van der Waals surface area contributed by atoms with Gasteiger partial charge in [-0.2, -0.15) is 0 Å². The van der Waals surface area contributed by atoms with E-state index in [4.69, 9.17) is 0 Å². The molecular weight excluding hydrogens is 222 g/mol. The Morgan fingerprint density at radius 2 is 2.06 bits per heavy atom. The van der Waals surface area contributed by atoms with E-state index in [0.29, 0.717) is 6.04 Å². The summed E-state index contributed by atoms with van der Waals surface area (Å²) in [6.45, 7) is 3.24. The van der Waals surface area contributed by atoms with E-state index in [1.165, 1.54) is 43.2 Å². The standard InChI is InChI=1S/C15H23N3/c1-2-9-18-15(14-10-16-12-17-11-14)13-7-5-3-4-6-8-13/h7,10-12,15,18H,2-6,8-9H2,1H3. The Kier molecular flexibility index (Phi) is 5.34. The molecule has 0 amide bonds. The molecule has 0 spiro atoms. The van der Waals surface area contributed by atoms with Gasteiger partial charge in [0.1, 0.15) is 6.33 Å². The smallest absolute Gasteiger partial charge is 0.115 e. The van der Waals surface area contributed by atoms with Gasteiger partial charge < -0.3 is 5.32 Å². The van der Waals surface area contributed by atoms with Gasteiger partial charge in [0.2, 0.25) is 0 Å². The molecule has 1 N–H and O–H groups in total. The highest BCUT2D eigenvalue weighted by Crippen LogP contribution is 2.28. The highest BCUT2D eigenvalue weighted by Gasteiger charge is 2.17. The lowest BCUT2D eigenvalue weighted by molar-refractivity contribution is 0.564. The highest BCUT2D eigenvalue weighted by atomic mass is 14.9. The predicted octanol–water partition coefficient (Wildman–Crippen LogP) is 3.41. The van der Waals surface area contributed by atoms with E-state index in [0.717, 1.165) is 13.0 Å². The van der Waals surface area contributed by atoms with Crippen LogP contribution < -0.4 is 5.32 Å². The summed E-state index contributed by atoms with van der Waals surface area (Å²) in [6.07, 6.45) is 15.5. The zero-order valence-electron chi connectivity index (χ0n) is 11.2. The molecule has 1 heterocycles. The summed E-state index contributed by atoms with van der Waals surface area (Å²) in [6, 6.07) is 0.309. The molecule has 0 bridgehead atoms. The van der Waals surface area contributed by atoms with Crippen molar-refractivity contribution >= 4 is 0 Å². The third-order valence-corrected chi connectivity index (χ3v) is 3.46. The number of nitrogens with one attached hydrogen (secondary N) is 1. The Bertz CT molecular complexity index is 373. The van der Waals surface area contributed by atoms with Gasteiger partial charge in [0.15, 0.2) is 0 Å². The molecule has 1 aliphatic rings. The van der Waals surface area contributed by atoms with Crippen LogP contribution in [0, 0.1) is 0 Å². The molecule has 1 unspecified atom stereocenters. The van der Waals surface area contributed by atoms with E-state index in [9.17, 15) is 0 Å². The van der Waals surface area contributed by atoms with Crippen LogP contribution in [-0.4, -0.2) is 16.5 Å². The Morgan fingerprint density at radius 3 is 2.83 bits per heavy atom. The molecule has 1 atom stereocenters. The summed E-state index contributed by atoms with van der Waals surface area (Å²) in [7, 11) is 0. The first-order valence-electron chi connectivity index (χ1n) is 7.09. The molecule has 0 fully saturated rings. The first kappa shape index (κ1) is 13.2. The second kappa shape index (κ2) is 7.27. The van der Waals surface area contributed by atoms with Gasteiger partial charge in [-0.15, -0.1) is 0 Å². The van der Waals surface area contributed by atoms with E-state index in [2.05, 4.69) is 28.3 Å². The van der Waals surface area contributed by atoms with Crippen LogP contribution in [0.2, 0.25) is 0 Å². The van der Waals surface area contributed by atoms with Crippen LogP contribution in [0.3, 0.4) is 0 Å². The van der Waals surface area contributed by atoms with E-state index in [1.807, 2.05) is 12.4 Å². The van der Waals surface area contributed by atoms with Gasteiger partial charge in [-0.25, -0.2) is 9.97 Å². The topological polar surface area (TPSA) is 37.8 Å². The minimum atomic E-state index is 0.309. The third-order valence-electron chi connectivity index (χ3n) is 3.46. The number of rotatable bonds is 5. The molecule has 1 aromatic heterocycles. The van der Waals surface area contributed by atoms with Gasteiger partial charge in [-0.05, 0) is 38.6 Å². The quantitative estimate of drug-likeness (QED) is 0.808. The Morgan fingerprint density at radius 1 is 1.22 bits per heavy atom. The molecule has 2 rings (SSSR count). The molecule has 98 valence electrons. The van der Waals surface area contributed by atoms with Crippen molar-refractivity contribution in [1.82, 2.24) is 15.3 Å². The molecule has 3 nitrogen and oxygen atoms in total. The lowest BCUT2D eigenvalue weighted by Gasteiger charge is -2.21. The second-order valence-electron chi connectivity index (χ2n) is 4.94. The van der Waals surface area contributed by atoms with E-state index >= 15 is 0 Å². The van der Waals surface area contributed by atoms with Crippen LogP contribution in [-0.2, 0) is 0 Å². The molecular formula is C15H23N3. The molecule has 18 heavy (non-hydrogen) atoms. The van der Waals surface area contributed by atoms with Crippen LogP contribution >= 0.6 is 0 Å². The van der Waals surface area contributed by atoms with Crippen molar-refractivity contribution in [3.05, 3.63) is 35.9 Å². The van der Waals surface area contributed by atoms with Crippen molar-refractivity contribution in [2.45, 2.75) is 51.5 Å². The number of nitrogens with zero attached hydrogens (tertiary/aromatic N) is 2. The van der Waals surface area contributed by atoms with Crippen LogP contribution in [0.25, 0.3) is 0 Å². The lowest BCUT2D eigenvalue weighted by Crippen LogP contribution is -2.24. The molecule has 0 radical (unpaired) electrons. The molecule has 0 saturated heterocycles. The third kappa shape index (κ3) is 3.64. The maximum absolute atomic E-state index is 4.15. The fourth-order valence-corrected chi connectivity index (χ4v) is 2.51. The maximum Gasteiger partial charge on any atom is 0.115 e. The van der Waals surface area contributed by atoms with Crippen molar-refractivity contribution < 1.29 is 0 Å². The number of hydrogen-bond donors (Lipinski definition) is 1. The lowest BCUT2D eigenvalue weighted by atomic mass is 9.97. The molecule has 3 heteroatoms. The largest absolute Gasteiger partial charge is 0.306 e. The summed E-state index contributed by atoms with van der Waals surface area (Å²) >= 11 is 0. The number of hydrogen-bond acceptors (Lipinski definition) is 3. The van der Waals surface area contributed by atoms with Crippen molar-refractivity contribution in [2.75, 3.05) is 6.54 Å². The second-order valence-corrected chi connectivity index (χ2v) is 4.94. The van der Waals surface area contributed by atoms with Gasteiger partial charge >= 0.3 is 0 Å². The van der Waals surface area contributed by atoms with Gasteiger partial charge in [0.05, 0.1) is 6.04 Å². The average molecular weight is 245 g/mol. The zero-order chi connectivity index (χ0) is 12.6. The summed E-state index contributed by atoms with van der Waals surface area (Å²) in [4.78, 5) is 8.31. The minimum Gasteiger partial charge on any atom is -0.306 e. The Labute approximate surface area is 110 Å². The summed E-state index contributed by atoms with van der Waals surface area (Å²) in [5, 5.41) is 3.63. The van der Waals surface area contributed by atoms with Crippen molar-refractivity contribution in [3.63, 3.8) is 0 Å². The van der Waals surface area contributed by atoms with Crippen LogP contribution in [0.5, 0.6) is 0 Å². The zero-order valence-corrected chi connectivity index (χ0v) is 11.2. The monoisotopic (exact) mass is 245 g/mol. The van der Waals surface area contributed by atoms with E-state index < -0.39 is 0 Å². The minimum absolute atomic E-state index is 0.309. The molecule has 1 aliphatic carbocycles. The van der Waals surface area contributed by atoms with Gasteiger partial charge in [0, 0.05) is 18.0 Å². The SMILES string of the molecule is CCCNC(C1=CCCCCC1)c1cncnc1. The van der Waals surface area contributed by atoms with Gasteiger partial charge in [-0.3, -0.25) is 0 Å². The molecule has 1 aromatic rings. The fraction of sp³-hybridized carbons (Fsp3) is 0.600. The van der Waals surface area contributed by atoms with Gasteiger partial charge in [-0.1, -0.05) is 25.0 Å². The Balaban J connectivity index is 2.16. The molecule has 0 aromatic carbocycles. The van der Waals surface area contributed by atoms with E-state index in [1.54, 1.807) is 6.33 Å². The summed E-state index contributed by atoms with van der Waals surface area (Å²) in [5.41, 5.74) is 2.72. The number of aromatic nitrogens is 2. The Hall–Kier alpha value is -1.22. The van der Waals surface area contributed by atoms with E-state index in [-0.39, 0.29) is 0 Å². The first-order chi connectivity index (χ1) is 8.92. The number of allylic oxidation sites excluding steroid dienone is 1. The predicted molar refractivity (Wildman–Crippen MR) is 74.2 cm³/mol. The van der Waals surface area contributed by atoms with Gasteiger partial charge in [0.25, 0.3) is 0 Å². The maximum atomic E-state index is 4.15. The summed E-state index contributed by atoms with van der Waals surface area (Å²) in [5.74, 6) is 0. The first-order valence-corrected chi connectivity index (χ1v) is 7.09. The van der Waals surface area contributed by atoms with Crippen LogP contribution in [0.4, 0.5) is 0 Å². The van der Waals surface area contributed by atoms with Crippen molar-refractivity contribution in [1.29, 1.82) is 0 Å². The van der Waals surface area contributed by atoms with Crippen molar-refractivity contribution in [3.8, 4) is 0 Å².